The summed E-state index contributed by atoms with van der Waals surface area (Å²) in [7, 11) is 2.26. The number of aliphatic hydroxyl groups is 1. The van der Waals surface area contributed by atoms with Gasteiger partial charge in [0.25, 0.3) is 0 Å². The van der Waals surface area contributed by atoms with Crippen LogP contribution in [0.25, 0.3) is 0 Å². The molecule has 3 aliphatic rings. The highest BCUT2D eigenvalue weighted by atomic mass is 16.5. The van der Waals surface area contributed by atoms with E-state index in [-0.39, 0.29) is 23.9 Å². The van der Waals surface area contributed by atoms with Crippen LogP contribution in [0.3, 0.4) is 0 Å². The highest BCUT2D eigenvalue weighted by molar-refractivity contribution is 5.32. The minimum absolute atomic E-state index is 0.211. The van der Waals surface area contributed by atoms with Gasteiger partial charge in [0, 0.05) is 31.1 Å². The molecule has 0 radical (unpaired) electrons. The Hall–Kier alpha value is -0.680. The largest absolute Gasteiger partial charge is 0.379 e. The molecule has 26 heavy (non-hydrogen) atoms. The highest BCUT2D eigenvalue weighted by Crippen LogP contribution is 2.49. The van der Waals surface area contributed by atoms with E-state index in [1.165, 1.54) is 6.42 Å². The first-order chi connectivity index (χ1) is 12.4. The monoisotopic (exact) mass is 362 g/mol. The molecule has 4 nitrogen and oxygen atoms in total. The van der Waals surface area contributed by atoms with Gasteiger partial charge < -0.3 is 9.84 Å². The van der Waals surface area contributed by atoms with Crippen molar-refractivity contribution in [3.63, 3.8) is 0 Å². The van der Waals surface area contributed by atoms with E-state index in [1.807, 2.05) is 13.0 Å². The Morgan fingerprint density at radius 2 is 2.15 bits per heavy atom. The fourth-order valence-corrected chi connectivity index (χ4v) is 5.31. The third kappa shape index (κ3) is 3.80. The number of aliphatic hydroxyl groups excluding tert-OH is 1. The number of ether oxygens (including phenoxy) is 1. The number of likely N-dealkylation sites (N-methyl/N-ethyl adjacent to an activating group) is 1. The summed E-state index contributed by atoms with van der Waals surface area (Å²) in [6.07, 6.45) is 10.1. The molecular formula is C22H38N2O2. The maximum absolute atomic E-state index is 10.0. The van der Waals surface area contributed by atoms with Gasteiger partial charge >= 0.3 is 0 Å². The average molecular weight is 363 g/mol. The van der Waals surface area contributed by atoms with Crippen LogP contribution in [0.1, 0.15) is 52.9 Å². The maximum atomic E-state index is 10.0. The number of nitrogens with zero attached hydrogens (tertiary/aromatic N) is 2. The lowest BCUT2D eigenvalue weighted by Gasteiger charge is -2.35. The van der Waals surface area contributed by atoms with Gasteiger partial charge in [-0.05, 0) is 51.1 Å². The molecule has 2 fully saturated rings. The van der Waals surface area contributed by atoms with Crippen LogP contribution in [0.5, 0.6) is 0 Å². The van der Waals surface area contributed by atoms with Crippen molar-refractivity contribution >= 4 is 0 Å². The smallest absolute Gasteiger partial charge is 0.104 e. The van der Waals surface area contributed by atoms with E-state index in [9.17, 15) is 5.11 Å². The van der Waals surface area contributed by atoms with Crippen LogP contribution in [0.15, 0.2) is 24.3 Å². The van der Waals surface area contributed by atoms with Gasteiger partial charge in [-0.15, -0.1) is 6.58 Å². The van der Waals surface area contributed by atoms with Crippen molar-refractivity contribution < 1.29 is 9.84 Å². The van der Waals surface area contributed by atoms with Gasteiger partial charge in [0.05, 0.1) is 12.2 Å². The second-order valence-electron chi connectivity index (χ2n) is 8.89. The lowest BCUT2D eigenvalue weighted by atomic mass is 9.76. The summed E-state index contributed by atoms with van der Waals surface area (Å²) in [5.74, 6) is 0.557. The lowest BCUT2D eigenvalue weighted by Crippen LogP contribution is -2.36. The Morgan fingerprint density at radius 3 is 2.77 bits per heavy atom. The topological polar surface area (TPSA) is 35.9 Å². The molecule has 0 bridgehead atoms. The summed E-state index contributed by atoms with van der Waals surface area (Å²) in [5.41, 5.74) is 1.80. The number of fused-ring (bicyclic) bond motifs is 2. The standard InChI is InChI=1S/C22H38N2O2/c1-6-8-21(16(3)7-2)26-18-9-10-20-19(13-18)22(14-23(20)5)11-12-24(15-22)17(4)25/h6,13,16-18,20-21,25H,1,7-12,14-15H2,2-5H3. The van der Waals surface area contributed by atoms with Crippen LogP contribution in [-0.2, 0) is 4.74 Å². The predicted molar refractivity (Wildman–Crippen MR) is 107 cm³/mol. The van der Waals surface area contributed by atoms with Crippen LogP contribution in [0, 0.1) is 11.3 Å². The molecule has 2 saturated heterocycles. The molecule has 4 heteroatoms. The Labute approximate surface area is 159 Å². The first-order valence-electron chi connectivity index (χ1n) is 10.5. The van der Waals surface area contributed by atoms with Crippen molar-refractivity contribution in [3.05, 3.63) is 24.3 Å². The molecule has 6 atom stereocenters. The van der Waals surface area contributed by atoms with Gasteiger partial charge in [-0.25, -0.2) is 0 Å². The van der Waals surface area contributed by atoms with Gasteiger partial charge in [-0.2, -0.15) is 0 Å². The number of rotatable bonds is 7. The second-order valence-corrected chi connectivity index (χ2v) is 8.89. The summed E-state index contributed by atoms with van der Waals surface area (Å²) < 4.78 is 6.58. The lowest BCUT2D eigenvalue weighted by molar-refractivity contribution is -0.0248. The second kappa shape index (κ2) is 8.14. The van der Waals surface area contributed by atoms with Crippen LogP contribution < -0.4 is 0 Å². The van der Waals surface area contributed by atoms with Crippen molar-refractivity contribution in [1.82, 2.24) is 9.80 Å². The third-order valence-corrected chi connectivity index (χ3v) is 7.08. The fraction of sp³-hybridized carbons (Fsp3) is 0.818. The summed E-state index contributed by atoms with van der Waals surface area (Å²) in [6, 6.07) is 0.560. The van der Waals surface area contributed by atoms with E-state index >= 15 is 0 Å². The van der Waals surface area contributed by atoms with Crippen molar-refractivity contribution in [1.29, 1.82) is 0 Å². The molecule has 2 aliphatic heterocycles. The molecule has 2 heterocycles. The molecule has 1 N–H and O–H groups in total. The van der Waals surface area contributed by atoms with Crippen LogP contribution in [0.2, 0.25) is 0 Å². The van der Waals surface area contributed by atoms with E-state index in [4.69, 9.17) is 4.74 Å². The Balaban J connectivity index is 1.78. The van der Waals surface area contributed by atoms with Crippen LogP contribution in [-0.4, -0.2) is 66.1 Å². The minimum atomic E-state index is -0.350. The van der Waals surface area contributed by atoms with Crippen molar-refractivity contribution in [2.24, 2.45) is 11.3 Å². The molecular weight excluding hydrogens is 324 g/mol. The molecule has 148 valence electrons. The zero-order valence-corrected chi connectivity index (χ0v) is 17.2. The van der Waals surface area contributed by atoms with Gasteiger partial charge in [-0.3, -0.25) is 9.80 Å². The minimum Gasteiger partial charge on any atom is -0.379 e. The van der Waals surface area contributed by atoms with Crippen molar-refractivity contribution in [2.75, 3.05) is 26.7 Å². The fourth-order valence-electron chi connectivity index (χ4n) is 5.31. The van der Waals surface area contributed by atoms with E-state index in [2.05, 4.69) is 43.3 Å². The third-order valence-electron chi connectivity index (χ3n) is 7.08. The maximum Gasteiger partial charge on any atom is 0.104 e. The van der Waals surface area contributed by atoms with E-state index in [1.54, 1.807) is 5.57 Å². The Bertz CT molecular complexity index is 532. The van der Waals surface area contributed by atoms with Crippen LogP contribution in [0.4, 0.5) is 0 Å². The zero-order valence-electron chi connectivity index (χ0n) is 17.2. The van der Waals surface area contributed by atoms with Crippen LogP contribution >= 0.6 is 0 Å². The SMILES string of the molecule is C=CCC(OC1C=C2C(CC1)N(C)CC21CCN(C(C)O)C1)C(C)CC. The average Bonchev–Trinajstić information content (AvgIpc) is 3.16. The highest BCUT2D eigenvalue weighted by Gasteiger charge is 2.52. The van der Waals surface area contributed by atoms with Gasteiger partial charge in [0.1, 0.15) is 6.23 Å². The normalized spacial score (nSPS) is 36.0. The van der Waals surface area contributed by atoms with E-state index in [0.717, 1.165) is 45.3 Å². The first kappa shape index (κ1) is 20.1. The van der Waals surface area contributed by atoms with Gasteiger partial charge in [-0.1, -0.05) is 32.4 Å². The first-order valence-corrected chi connectivity index (χ1v) is 10.5. The number of likely N-dealkylation sites (tertiary alicyclic amines) is 2. The van der Waals surface area contributed by atoms with Crippen molar-refractivity contribution in [2.45, 2.75) is 77.4 Å². The van der Waals surface area contributed by atoms with Crippen molar-refractivity contribution in [3.8, 4) is 0 Å². The molecule has 0 aromatic heterocycles. The predicted octanol–water partition coefficient (Wildman–Crippen LogP) is 3.43. The summed E-state index contributed by atoms with van der Waals surface area (Å²) in [4.78, 5) is 4.75. The molecule has 6 unspecified atom stereocenters. The number of hydrogen-bond acceptors (Lipinski definition) is 4. The molecule has 0 aromatic carbocycles. The summed E-state index contributed by atoms with van der Waals surface area (Å²) in [6.45, 7) is 13.4. The molecule has 1 spiro atoms. The van der Waals surface area contributed by atoms with Gasteiger partial charge in [0.2, 0.25) is 0 Å². The van der Waals surface area contributed by atoms with E-state index in [0.29, 0.717) is 12.0 Å². The Morgan fingerprint density at radius 1 is 1.38 bits per heavy atom. The molecule has 0 amide bonds. The molecule has 3 rings (SSSR count). The summed E-state index contributed by atoms with van der Waals surface area (Å²) >= 11 is 0. The summed E-state index contributed by atoms with van der Waals surface area (Å²) in [5, 5.41) is 10.0. The molecule has 1 aliphatic carbocycles. The number of hydrogen-bond donors (Lipinski definition) is 1. The van der Waals surface area contributed by atoms with E-state index < -0.39 is 0 Å². The molecule has 0 saturated carbocycles. The quantitative estimate of drug-likeness (QED) is 0.704. The molecule has 0 aromatic rings. The zero-order chi connectivity index (χ0) is 18.9. The Kier molecular flexibility index (Phi) is 6.28. The van der Waals surface area contributed by atoms with Gasteiger partial charge in [0.15, 0.2) is 0 Å².